The second-order valence-electron chi connectivity index (χ2n) is 7.53. The zero-order chi connectivity index (χ0) is 19.5. The molecule has 0 saturated carbocycles. The van der Waals surface area contributed by atoms with Crippen LogP contribution >= 0.6 is 0 Å². The van der Waals surface area contributed by atoms with Gasteiger partial charge in [0.15, 0.2) is 0 Å². The summed E-state index contributed by atoms with van der Waals surface area (Å²) in [6.45, 7) is 4.92. The van der Waals surface area contributed by atoms with Crippen LogP contribution in [0.1, 0.15) is 70.0 Å². The Labute approximate surface area is 164 Å². The van der Waals surface area contributed by atoms with Crippen molar-refractivity contribution in [2.45, 2.75) is 70.4 Å². The maximum absolute atomic E-state index is 12.5. The third-order valence-electron chi connectivity index (χ3n) is 5.35. The van der Waals surface area contributed by atoms with Gasteiger partial charge in [-0.05, 0) is 38.4 Å². The van der Waals surface area contributed by atoms with Gasteiger partial charge in [0.2, 0.25) is 5.91 Å². The Morgan fingerprint density at radius 3 is 2.59 bits per heavy atom. The Hall–Kier alpha value is -1.59. The Kier molecular flexibility index (Phi) is 9.64. The van der Waals surface area contributed by atoms with Crippen molar-refractivity contribution in [3.63, 3.8) is 0 Å². The van der Waals surface area contributed by atoms with Gasteiger partial charge in [-0.2, -0.15) is 0 Å². The Morgan fingerprint density at radius 1 is 1.19 bits per heavy atom. The summed E-state index contributed by atoms with van der Waals surface area (Å²) >= 11 is 0. The van der Waals surface area contributed by atoms with Crippen molar-refractivity contribution in [3.8, 4) is 5.75 Å². The summed E-state index contributed by atoms with van der Waals surface area (Å²) in [5, 5.41) is 14.1. The summed E-state index contributed by atoms with van der Waals surface area (Å²) < 4.78 is 5.41. The minimum atomic E-state index is -0.786. The Morgan fingerprint density at radius 2 is 1.89 bits per heavy atom. The van der Waals surface area contributed by atoms with Gasteiger partial charge in [-0.1, -0.05) is 50.8 Å². The number of aliphatic hydroxyl groups excluding tert-OH is 1. The molecule has 5 heteroatoms. The molecule has 2 atom stereocenters. The second-order valence-corrected chi connectivity index (χ2v) is 7.53. The smallest absolute Gasteiger partial charge is 0.220 e. The summed E-state index contributed by atoms with van der Waals surface area (Å²) in [6.07, 6.45) is 7.72. The highest BCUT2D eigenvalue weighted by Gasteiger charge is 2.28. The van der Waals surface area contributed by atoms with Crippen molar-refractivity contribution in [3.05, 3.63) is 29.8 Å². The van der Waals surface area contributed by atoms with Gasteiger partial charge in [-0.3, -0.25) is 4.79 Å². The quantitative estimate of drug-likeness (QED) is 0.547. The molecule has 1 aliphatic heterocycles. The number of hydrogen-bond acceptors (Lipinski definition) is 4. The highest BCUT2D eigenvalue weighted by Crippen LogP contribution is 2.28. The predicted octanol–water partition coefficient (Wildman–Crippen LogP) is 3.67. The number of methoxy groups -OCH3 is 1. The average Bonchev–Trinajstić information content (AvgIpc) is 3.20. The van der Waals surface area contributed by atoms with Crippen molar-refractivity contribution < 1.29 is 14.6 Å². The SMILES string of the molecule is CCCCCCCC(=O)NC(CN1CCCC1)C(O)c1ccccc1OC. The molecule has 0 aromatic heterocycles. The lowest BCUT2D eigenvalue weighted by Crippen LogP contribution is -2.46. The number of nitrogens with one attached hydrogen (secondary N) is 1. The molecule has 1 aromatic rings. The van der Waals surface area contributed by atoms with Gasteiger partial charge in [0.1, 0.15) is 11.9 Å². The molecule has 0 radical (unpaired) electrons. The summed E-state index contributed by atoms with van der Waals surface area (Å²) in [6, 6.07) is 7.17. The van der Waals surface area contributed by atoms with Crippen molar-refractivity contribution in [1.29, 1.82) is 0 Å². The van der Waals surface area contributed by atoms with E-state index >= 15 is 0 Å². The zero-order valence-corrected chi connectivity index (χ0v) is 17.0. The van der Waals surface area contributed by atoms with Crippen LogP contribution in [0.5, 0.6) is 5.75 Å². The minimum Gasteiger partial charge on any atom is -0.496 e. The number of likely N-dealkylation sites (tertiary alicyclic amines) is 1. The molecule has 27 heavy (non-hydrogen) atoms. The fourth-order valence-corrected chi connectivity index (χ4v) is 3.76. The molecule has 2 unspecified atom stereocenters. The van der Waals surface area contributed by atoms with Gasteiger partial charge in [-0.15, -0.1) is 0 Å². The molecule has 5 nitrogen and oxygen atoms in total. The Balaban J connectivity index is 1.98. The maximum atomic E-state index is 12.5. The van der Waals surface area contributed by atoms with Crippen molar-refractivity contribution in [2.24, 2.45) is 0 Å². The minimum absolute atomic E-state index is 0.0321. The van der Waals surface area contributed by atoms with E-state index in [4.69, 9.17) is 4.74 Å². The fourth-order valence-electron chi connectivity index (χ4n) is 3.76. The van der Waals surface area contributed by atoms with Crippen LogP contribution in [0.2, 0.25) is 0 Å². The molecular formula is C22H36N2O3. The number of unbranched alkanes of at least 4 members (excludes halogenated alkanes) is 4. The first kappa shape index (κ1) is 21.7. The monoisotopic (exact) mass is 376 g/mol. The van der Waals surface area contributed by atoms with Crippen molar-refractivity contribution in [1.82, 2.24) is 10.2 Å². The first-order valence-electron chi connectivity index (χ1n) is 10.5. The molecule has 1 aromatic carbocycles. The van der Waals surface area contributed by atoms with Crippen LogP contribution in [0.3, 0.4) is 0 Å². The van der Waals surface area contributed by atoms with E-state index in [2.05, 4.69) is 17.1 Å². The molecule has 1 heterocycles. The topological polar surface area (TPSA) is 61.8 Å². The average molecular weight is 377 g/mol. The Bertz CT molecular complexity index is 558. The summed E-state index contributed by atoms with van der Waals surface area (Å²) in [4.78, 5) is 14.8. The van der Waals surface area contributed by atoms with Crippen LogP contribution in [-0.4, -0.2) is 48.7 Å². The molecule has 2 N–H and O–H groups in total. The number of amides is 1. The van der Waals surface area contributed by atoms with Crippen LogP contribution in [0, 0.1) is 0 Å². The van der Waals surface area contributed by atoms with E-state index < -0.39 is 6.10 Å². The van der Waals surface area contributed by atoms with Crippen LogP contribution < -0.4 is 10.1 Å². The fraction of sp³-hybridized carbons (Fsp3) is 0.682. The predicted molar refractivity (Wildman–Crippen MR) is 109 cm³/mol. The van der Waals surface area contributed by atoms with Crippen molar-refractivity contribution in [2.75, 3.05) is 26.7 Å². The molecular weight excluding hydrogens is 340 g/mol. The highest BCUT2D eigenvalue weighted by atomic mass is 16.5. The molecule has 1 amide bonds. The van der Waals surface area contributed by atoms with E-state index in [0.717, 1.165) is 31.5 Å². The third-order valence-corrected chi connectivity index (χ3v) is 5.35. The van der Waals surface area contributed by atoms with E-state index in [1.165, 1.54) is 32.1 Å². The number of nitrogens with zero attached hydrogens (tertiary/aromatic N) is 1. The number of benzene rings is 1. The van der Waals surface area contributed by atoms with Gasteiger partial charge in [-0.25, -0.2) is 0 Å². The van der Waals surface area contributed by atoms with Crippen LogP contribution in [0.25, 0.3) is 0 Å². The molecule has 0 spiro atoms. The van der Waals surface area contributed by atoms with Crippen LogP contribution in [0.15, 0.2) is 24.3 Å². The first-order valence-corrected chi connectivity index (χ1v) is 10.5. The molecule has 1 aliphatic rings. The summed E-state index contributed by atoms with van der Waals surface area (Å²) in [5.41, 5.74) is 0.729. The maximum Gasteiger partial charge on any atom is 0.220 e. The van der Waals surface area contributed by atoms with E-state index in [-0.39, 0.29) is 11.9 Å². The number of hydrogen-bond donors (Lipinski definition) is 2. The van der Waals surface area contributed by atoms with Gasteiger partial charge in [0.25, 0.3) is 0 Å². The largest absolute Gasteiger partial charge is 0.496 e. The number of carbonyl (C=O) groups is 1. The van der Waals surface area contributed by atoms with Crippen LogP contribution in [0.4, 0.5) is 0 Å². The normalized spacial score (nSPS) is 16.9. The summed E-state index contributed by atoms with van der Waals surface area (Å²) in [5.74, 6) is 0.690. The van der Waals surface area contributed by atoms with Gasteiger partial charge < -0.3 is 20.1 Å². The van der Waals surface area contributed by atoms with Gasteiger partial charge >= 0.3 is 0 Å². The molecule has 152 valence electrons. The lowest BCUT2D eigenvalue weighted by atomic mass is 10.00. The third kappa shape index (κ3) is 7.15. The van der Waals surface area contributed by atoms with E-state index in [1.54, 1.807) is 7.11 Å². The number of rotatable bonds is 12. The summed E-state index contributed by atoms with van der Waals surface area (Å²) in [7, 11) is 1.61. The molecule has 1 saturated heterocycles. The van der Waals surface area contributed by atoms with Crippen LogP contribution in [-0.2, 0) is 4.79 Å². The zero-order valence-electron chi connectivity index (χ0n) is 17.0. The molecule has 0 bridgehead atoms. The first-order chi connectivity index (χ1) is 13.2. The number of carbonyl (C=O) groups excluding carboxylic acids is 1. The number of aliphatic hydroxyl groups is 1. The molecule has 0 aliphatic carbocycles. The molecule has 2 rings (SSSR count). The lowest BCUT2D eigenvalue weighted by Gasteiger charge is -2.29. The lowest BCUT2D eigenvalue weighted by molar-refractivity contribution is -0.123. The number of para-hydroxylation sites is 1. The van der Waals surface area contributed by atoms with Crippen molar-refractivity contribution >= 4 is 5.91 Å². The van der Waals surface area contributed by atoms with E-state index in [0.29, 0.717) is 18.7 Å². The van der Waals surface area contributed by atoms with Gasteiger partial charge in [0, 0.05) is 18.5 Å². The molecule has 1 fully saturated rings. The standard InChI is InChI=1S/C22H36N2O3/c1-3-4-5-6-7-14-21(25)23-19(17-24-15-10-11-16-24)22(26)18-12-8-9-13-20(18)27-2/h8-9,12-13,19,22,26H,3-7,10-11,14-17H2,1-2H3,(H,23,25). The van der Waals surface area contributed by atoms with Gasteiger partial charge in [0.05, 0.1) is 13.2 Å². The highest BCUT2D eigenvalue weighted by molar-refractivity contribution is 5.76. The second kappa shape index (κ2) is 12.0. The van der Waals surface area contributed by atoms with E-state index in [9.17, 15) is 9.90 Å². The van der Waals surface area contributed by atoms with E-state index in [1.807, 2.05) is 24.3 Å². The number of ether oxygens (including phenoxy) is 1.